The fraction of sp³-hybridized carbons (Fsp3) is 1.00. The molecule has 74 valence electrons. The van der Waals surface area contributed by atoms with E-state index in [0.717, 1.165) is 0 Å². The molecular weight excluding hydrogens is 178 g/mol. The molecule has 0 aromatic heterocycles. The Morgan fingerprint density at radius 3 is 2.50 bits per heavy atom. The number of aliphatic hydroxyl groups excluding tert-OH is 1. The number of hydrogen-bond acceptors (Lipinski definition) is 3. The molecule has 0 saturated carbocycles. The minimum absolute atomic E-state index is 0.0647. The van der Waals surface area contributed by atoms with Crippen molar-refractivity contribution in [2.24, 2.45) is 0 Å². The highest BCUT2D eigenvalue weighted by atomic mass is 32.2. The number of nitrogens with one attached hydrogen (secondary N) is 1. The van der Waals surface area contributed by atoms with Crippen LogP contribution in [0.1, 0.15) is 20.3 Å². The maximum atomic E-state index is 10.2. The summed E-state index contributed by atoms with van der Waals surface area (Å²) in [5.74, 6) is 0.286. The molecule has 12 heavy (non-hydrogen) atoms. The fourth-order valence-electron chi connectivity index (χ4n) is 0.678. The Morgan fingerprint density at radius 1 is 1.50 bits per heavy atom. The van der Waals surface area contributed by atoms with E-state index < -0.39 is 11.1 Å². The summed E-state index contributed by atoms with van der Waals surface area (Å²) in [5, 5.41) is 11.9. The van der Waals surface area contributed by atoms with Crippen LogP contribution in [0.15, 0.2) is 0 Å². The number of aliphatic hydroxyl groups is 1. The van der Waals surface area contributed by atoms with E-state index in [1.54, 1.807) is 0 Å². The van der Waals surface area contributed by atoms with Gasteiger partial charge in [0.05, 0.1) is 12.4 Å². The lowest BCUT2D eigenvalue weighted by atomic mass is 10.1. The van der Waals surface area contributed by atoms with E-state index in [-0.39, 0.29) is 17.9 Å². The van der Waals surface area contributed by atoms with Crippen molar-refractivity contribution in [1.82, 2.24) is 5.32 Å². The average molecular weight is 195 g/mol. The molecule has 0 bridgehead atoms. The zero-order chi connectivity index (χ0) is 9.61. The van der Waals surface area contributed by atoms with Gasteiger partial charge >= 0.3 is 0 Å². The van der Waals surface area contributed by atoms with Crippen molar-refractivity contribution in [2.45, 2.75) is 25.8 Å². The molecule has 0 spiro atoms. The maximum Gasteiger partial charge on any atom is 0.152 e. The molecule has 0 radical (unpaired) electrons. The Labute approximate surface area is 75.7 Å². The SMILES string of the molecule is CC(C)(CO)NCCCS(=O)O. The first-order valence-corrected chi connectivity index (χ1v) is 5.19. The van der Waals surface area contributed by atoms with Gasteiger partial charge in [0.2, 0.25) is 0 Å². The van der Waals surface area contributed by atoms with Crippen LogP contribution >= 0.6 is 0 Å². The predicted molar refractivity (Wildman–Crippen MR) is 49.4 cm³/mol. The smallest absolute Gasteiger partial charge is 0.152 e. The highest BCUT2D eigenvalue weighted by molar-refractivity contribution is 7.79. The molecule has 0 heterocycles. The van der Waals surface area contributed by atoms with Crippen LogP contribution in [0.4, 0.5) is 0 Å². The van der Waals surface area contributed by atoms with Crippen LogP contribution in [-0.4, -0.2) is 38.3 Å². The normalized spacial score (nSPS) is 14.7. The third kappa shape index (κ3) is 6.72. The molecule has 0 fully saturated rings. The Hall–Kier alpha value is 0.0300. The van der Waals surface area contributed by atoms with E-state index in [1.165, 1.54) is 0 Å². The highest BCUT2D eigenvalue weighted by Gasteiger charge is 2.13. The minimum atomic E-state index is -1.70. The van der Waals surface area contributed by atoms with Crippen molar-refractivity contribution in [3.05, 3.63) is 0 Å². The molecule has 4 nitrogen and oxygen atoms in total. The lowest BCUT2D eigenvalue weighted by molar-refractivity contribution is 0.189. The number of hydrogen-bond donors (Lipinski definition) is 3. The van der Waals surface area contributed by atoms with Crippen LogP contribution in [0.5, 0.6) is 0 Å². The van der Waals surface area contributed by atoms with Crippen molar-refractivity contribution >= 4 is 11.1 Å². The van der Waals surface area contributed by atoms with Crippen LogP contribution in [-0.2, 0) is 11.1 Å². The fourth-order valence-corrected chi connectivity index (χ4v) is 1.07. The van der Waals surface area contributed by atoms with Crippen LogP contribution in [0.25, 0.3) is 0 Å². The van der Waals surface area contributed by atoms with Gasteiger partial charge in [-0.1, -0.05) is 0 Å². The van der Waals surface area contributed by atoms with Gasteiger partial charge in [0, 0.05) is 5.54 Å². The minimum Gasteiger partial charge on any atom is -0.394 e. The van der Waals surface area contributed by atoms with E-state index in [2.05, 4.69) is 5.32 Å². The summed E-state index contributed by atoms with van der Waals surface area (Å²) >= 11 is -1.70. The first-order chi connectivity index (χ1) is 5.48. The number of rotatable bonds is 6. The molecule has 0 amide bonds. The Balaban J connectivity index is 3.37. The molecule has 0 rings (SSSR count). The second-order valence-electron chi connectivity index (χ2n) is 3.35. The molecule has 0 saturated heterocycles. The lowest BCUT2D eigenvalue weighted by Crippen LogP contribution is -2.43. The molecule has 0 aliphatic rings. The monoisotopic (exact) mass is 195 g/mol. The standard InChI is InChI=1S/C7H17NO3S/c1-7(2,6-9)8-4-3-5-12(10)11/h8-9H,3-6H2,1-2H3,(H,10,11). The Morgan fingerprint density at radius 2 is 2.08 bits per heavy atom. The topological polar surface area (TPSA) is 69.6 Å². The quantitative estimate of drug-likeness (QED) is 0.411. The predicted octanol–water partition coefficient (Wildman–Crippen LogP) is -0.0413. The molecule has 1 atom stereocenters. The first-order valence-electron chi connectivity index (χ1n) is 3.91. The van der Waals surface area contributed by atoms with Gasteiger partial charge in [-0.05, 0) is 26.8 Å². The first kappa shape index (κ1) is 12.0. The summed E-state index contributed by atoms with van der Waals surface area (Å²) in [5.41, 5.74) is -0.295. The van der Waals surface area contributed by atoms with Crippen LogP contribution in [0.3, 0.4) is 0 Å². The summed E-state index contributed by atoms with van der Waals surface area (Å²) in [6.45, 7) is 4.47. The van der Waals surface area contributed by atoms with Crippen molar-refractivity contribution in [1.29, 1.82) is 0 Å². The zero-order valence-electron chi connectivity index (χ0n) is 7.54. The highest BCUT2D eigenvalue weighted by Crippen LogP contribution is 1.98. The van der Waals surface area contributed by atoms with Crippen molar-refractivity contribution in [3.8, 4) is 0 Å². The molecule has 0 aliphatic heterocycles. The molecule has 0 aromatic rings. The third-order valence-electron chi connectivity index (χ3n) is 1.49. The van der Waals surface area contributed by atoms with Gasteiger partial charge in [0.25, 0.3) is 0 Å². The Bertz CT molecular complexity index is 150. The van der Waals surface area contributed by atoms with E-state index in [4.69, 9.17) is 9.66 Å². The molecule has 5 heteroatoms. The van der Waals surface area contributed by atoms with Gasteiger partial charge in [-0.15, -0.1) is 0 Å². The second kappa shape index (κ2) is 5.64. The van der Waals surface area contributed by atoms with E-state index in [0.29, 0.717) is 13.0 Å². The zero-order valence-corrected chi connectivity index (χ0v) is 8.36. The third-order valence-corrected chi connectivity index (χ3v) is 2.13. The summed E-state index contributed by atoms with van der Waals surface area (Å²) < 4.78 is 18.7. The summed E-state index contributed by atoms with van der Waals surface area (Å²) in [4.78, 5) is 0. The average Bonchev–Trinajstić information content (AvgIpc) is 1.98. The van der Waals surface area contributed by atoms with Crippen molar-refractivity contribution in [3.63, 3.8) is 0 Å². The van der Waals surface area contributed by atoms with Crippen LogP contribution in [0.2, 0.25) is 0 Å². The molecular formula is C7H17NO3S. The Kier molecular flexibility index (Phi) is 5.65. The summed E-state index contributed by atoms with van der Waals surface area (Å²) in [7, 11) is 0. The summed E-state index contributed by atoms with van der Waals surface area (Å²) in [6, 6.07) is 0. The van der Waals surface area contributed by atoms with Gasteiger partial charge in [0.15, 0.2) is 11.1 Å². The van der Waals surface area contributed by atoms with Crippen LogP contribution < -0.4 is 5.32 Å². The van der Waals surface area contributed by atoms with Crippen LogP contribution in [0, 0.1) is 0 Å². The second-order valence-corrected chi connectivity index (χ2v) is 4.40. The van der Waals surface area contributed by atoms with E-state index in [1.807, 2.05) is 13.8 Å². The molecule has 1 unspecified atom stereocenters. The molecule has 0 aromatic carbocycles. The van der Waals surface area contributed by atoms with E-state index >= 15 is 0 Å². The largest absolute Gasteiger partial charge is 0.394 e. The lowest BCUT2D eigenvalue weighted by Gasteiger charge is -2.23. The van der Waals surface area contributed by atoms with Gasteiger partial charge in [-0.3, -0.25) is 0 Å². The van der Waals surface area contributed by atoms with Gasteiger partial charge < -0.3 is 15.0 Å². The van der Waals surface area contributed by atoms with Crippen molar-refractivity contribution in [2.75, 3.05) is 18.9 Å². The molecule has 0 aliphatic carbocycles. The van der Waals surface area contributed by atoms with Gasteiger partial charge in [0.1, 0.15) is 0 Å². The van der Waals surface area contributed by atoms with E-state index in [9.17, 15) is 4.21 Å². The van der Waals surface area contributed by atoms with Gasteiger partial charge in [-0.2, -0.15) is 0 Å². The van der Waals surface area contributed by atoms with Gasteiger partial charge in [-0.25, -0.2) is 4.21 Å². The van der Waals surface area contributed by atoms with Crippen molar-refractivity contribution < 1.29 is 13.9 Å². The maximum absolute atomic E-state index is 10.2. The summed E-state index contributed by atoms with van der Waals surface area (Å²) in [6.07, 6.45) is 0.645. The molecule has 3 N–H and O–H groups in total.